The van der Waals surface area contributed by atoms with Gasteiger partial charge in [0.05, 0.1) is 12.2 Å². The van der Waals surface area contributed by atoms with E-state index in [1.807, 2.05) is 24.1 Å². The molecular formula is C24H32N2O4S. The van der Waals surface area contributed by atoms with Gasteiger partial charge in [-0.2, -0.15) is 0 Å². The van der Waals surface area contributed by atoms with Crippen LogP contribution in [0.3, 0.4) is 0 Å². The van der Waals surface area contributed by atoms with Gasteiger partial charge >= 0.3 is 5.97 Å². The molecule has 0 atom stereocenters. The maximum Gasteiger partial charge on any atom is 0.339 e. The Morgan fingerprint density at radius 1 is 1.19 bits per heavy atom. The van der Waals surface area contributed by atoms with E-state index in [4.69, 9.17) is 4.74 Å². The molecular weight excluding hydrogens is 412 g/mol. The van der Waals surface area contributed by atoms with E-state index in [9.17, 15) is 14.7 Å². The largest absolute Gasteiger partial charge is 0.478 e. The third-order valence-electron chi connectivity index (χ3n) is 5.84. The van der Waals surface area contributed by atoms with E-state index in [1.54, 1.807) is 19.2 Å². The number of carboxylic acids is 1. The molecule has 0 radical (unpaired) electrons. The first-order valence-corrected chi connectivity index (χ1v) is 11.3. The zero-order valence-corrected chi connectivity index (χ0v) is 20.0. The highest BCUT2D eigenvalue weighted by Gasteiger charge is 2.42. The second-order valence-corrected chi connectivity index (χ2v) is 10.8. The lowest BCUT2D eigenvalue weighted by molar-refractivity contribution is 0.0696. The Balaban J connectivity index is 1.87. The Kier molecular flexibility index (Phi) is 6.48. The second kappa shape index (κ2) is 8.63. The first-order chi connectivity index (χ1) is 14.4. The number of thiophene rings is 1. The van der Waals surface area contributed by atoms with Crippen molar-refractivity contribution in [2.24, 2.45) is 5.41 Å². The smallest absolute Gasteiger partial charge is 0.339 e. The molecule has 168 valence electrons. The molecule has 1 amide bonds. The topological polar surface area (TPSA) is 78.9 Å². The SMILES string of the molecule is COCCN(C)c1ccc(C(=O)Nc2sc3c(c2C(=O)O)CC(C)(C)CC3(C)C)cc1. The summed E-state index contributed by atoms with van der Waals surface area (Å²) >= 11 is 1.40. The molecule has 1 aromatic heterocycles. The average molecular weight is 445 g/mol. The first-order valence-electron chi connectivity index (χ1n) is 10.5. The number of carboxylic acid groups (broad SMARTS) is 1. The number of fused-ring (bicyclic) bond motifs is 1. The monoisotopic (exact) mass is 444 g/mol. The number of anilines is 2. The fourth-order valence-corrected chi connectivity index (χ4v) is 6.02. The van der Waals surface area contributed by atoms with Crippen molar-refractivity contribution in [1.29, 1.82) is 0 Å². The third-order valence-corrected chi connectivity index (χ3v) is 7.35. The summed E-state index contributed by atoms with van der Waals surface area (Å²) in [5.41, 5.74) is 2.45. The molecule has 0 bridgehead atoms. The van der Waals surface area contributed by atoms with E-state index in [0.29, 0.717) is 23.6 Å². The number of amides is 1. The molecule has 0 spiro atoms. The van der Waals surface area contributed by atoms with Gasteiger partial charge in [0.25, 0.3) is 5.91 Å². The number of ether oxygens (including phenoxy) is 1. The number of carbonyl (C=O) groups is 2. The molecule has 1 aromatic carbocycles. The number of methoxy groups -OCH3 is 1. The highest BCUT2D eigenvalue weighted by molar-refractivity contribution is 7.17. The van der Waals surface area contributed by atoms with E-state index in [1.165, 1.54) is 11.3 Å². The molecule has 0 saturated carbocycles. The van der Waals surface area contributed by atoms with E-state index >= 15 is 0 Å². The second-order valence-electron chi connectivity index (χ2n) is 9.74. The van der Waals surface area contributed by atoms with Crippen molar-refractivity contribution in [3.63, 3.8) is 0 Å². The molecule has 7 heteroatoms. The van der Waals surface area contributed by atoms with Gasteiger partial charge in [0.2, 0.25) is 0 Å². The number of benzene rings is 1. The van der Waals surface area contributed by atoms with Crippen molar-refractivity contribution in [2.75, 3.05) is 37.5 Å². The Labute approximate surface area is 188 Å². The van der Waals surface area contributed by atoms with Crippen LogP contribution in [-0.4, -0.2) is 44.3 Å². The lowest BCUT2D eigenvalue weighted by atomic mass is 9.65. The van der Waals surface area contributed by atoms with Gasteiger partial charge in [-0.05, 0) is 53.5 Å². The highest BCUT2D eigenvalue weighted by atomic mass is 32.1. The predicted molar refractivity (Wildman–Crippen MR) is 126 cm³/mol. The van der Waals surface area contributed by atoms with Crippen molar-refractivity contribution in [2.45, 2.75) is 46.0 Å². The van der Waals surface area contributed by atoms with Crippen molar-refractivity contribution in [3.8, 4) is 0 Å². The number of nitrogens with one attached hydrogen (secondary N) is 1. The molecule has 2 N–H and O–H groups in total. The molecule has 1 heterocycles. The van der Waals surface area contributed by atoms with Crippen molar-refractivity contribution in [3.05, 3.63) is 45.8 Å². The average Bonchev–Trinajstić information content (AvgIpc) is 3.03. The van der Waals surface area contributed by atoms with Crippen molar-refractivity contribution in [1.82, 2.24) is 0 Å². The number of carbonyl (C=O) groups excluding carboxylic acids is 1. The van der Waals surface area contributed by atoms with Crippen LogP contribution in [0.4, 0.5) is 10.7 Å². The molecule has 1 aliphatic carbocycles. The fraction of sp³-hybridized carbons (Fsp3) is 0.500. The minimum absolute atomic E-state index is 0.00766. The molecule has 6 nitrogen and oxygen atoms in total. The minimum Gasteiger partial charge on any atom is -0.478 e. The van der Waals surface area contributed by atoms with Crippen LogP contribution in [0, 0.1) is 5.41 Å². The summed E-state index contributed by atoms with van der Waals surface area (Å²) in [6.07, 6.45) is 1.67. The normalized spacial score (nSPS) is 16.5. The highest BCUT2D eigenvalue weighted by Crippen LogP contribution is 2.52. The number of likely N-dealkylation sites (N-methyl/N-ethyl adjacent to an activating group) is 1. The molecule has 0 fully saturated rings. The van der Waals surface area contributed by atoms with Crippen LogP contribution in [0.5, 0.6) is 0 Å². The van der Waals surface area contributed by atoms with Gasteiger partial charge in [0, 0.05) is 36.8 Å². The summed E-state index contributed by atoms with van der Waals surface area (Å²) < 4.78 is 5.10. The Morgan fingerprint density at radius 2 is 1.84 bits per heavy atom. The van der Waals surface area contributed by atoms with E-state index in [2.05, 4.69) is 33.0 Å². The first kappa shape index (κ1) is 23.3. The van der Waals surface area contributed by atoms with Crippen LogP contribution in [-0.2, 0) is 16.6 Å². The van der Waals surface area contributed by atoms with Crippen LogP contribution in [0.15, 0.2) is 24.3 Å². The molecule has 1 aliphatic rings. The van der Waals surface area contributed by atoms with E-state index < -0.39 is 5.97 Å². The van der Waals surface area contributed by atoms with Crippen LogP contribution >= 0.6 is 11.3 Å². The summed E-state index contributed by atoms with van der Waals surface area (Å²) in [5, 5.41) is 13.2. The number of hydrogen-bond acceptors (Lipinski definition) is 5. The predicted octanol–water partition coefficient (Wildman–Crippen LogP) is 5.03. The number of rotatable bonds is 7. The number of aromatic carboxylic acids is 1. The van der Waals surface area contributed by atoms with Gasteiger partial charge < -0.3 is 20.1 Å². The third kappa shape index (κ3) is 4.93. The lowest BCUT2D eigenvalue weighted by Crippen LogP contribution is -2.34. The zero-order valence-electron chi connectivity index (χ0n) is 19.2. The van der Waals surface area contributed by atoms with Gasteiger partial charge in [-0.3, -0.25) is 4.79 Å². The standard InChI is InChI=1S/C24H32N2O4S/c1-23(2)13-17-18(22(28)29)21(31-19(17)24(3,4)14-23)25-20(27)15-7-9-16(10-8-15)26(5)11-12-30-6/h7-10H,11-14H2,1-6H3,(H,25,27)(H,28,29). The summed E-state index contributed by atoms with van der Waals surface area (Å²) in [7, 11) is 3.63. The van der Waals surface area contributed by atoms with Crippen LogP contribution < -0.4 is 10.2 Å². The quantitative estimate of drug-likeness (QED) is 0.626. The molecule has 0 unspecified atom stereocenters. The van der Waals surface area contributed by atoms with Gasteiger partial charge in [0.1, 0.15) is 5.00 Å². The van der Waals surface area contributed by atoms with Crippen molar-refractivity contribution >= 4 is 33.9 Å². The van der Waals surface area contributed by atoms with Gasteiger partial charge in [-0.1, -0.05) is 27.7 Å². The zero-order chi connectivity index (χ0) is 23.0. The van der Waals surface area contributed by atoms with Crippen LogP contribution in [0.2, 0.25) is 0 Å². The summed E-state index contributed by atoms with van der Waals surface area (Å²) in [6.45, 7) is 10.0. The molecule has 0 saturated heterocycles. The van der Waals surface area contributed by atoms with Crippen molar-refractivity contribution < 1.29 is 19.4 Å². The molecule has 3 rings (SSSR count). The maximum atomic E-state index is 12.9. The summed E-state index contributed by atoms with van der Waals surface area (Å²) in [5.74, 6) is -1.29. The van der Waals surface area contributed by atoms with Crippen LogP contribution in [0.1, 0.15) is 65.3 Å². The minimum atomic E-state index is -0.989. The van der Waals surface area contributed by atoms with Gasteiger partial charge in [0.15, 0.2) is 0 Å². The van der Waals surface area contributed by atoms with Crippen LogP contribution in [0.25, 0.3) is 0 Å². The summed E-state index contributed by atoms with van der Waals surface area (Å²) in [6, 6.07) is 7.28. The molecule has 2 aromatic rings. The van der Waals surface area contributed by atoms with E-state index in [0.717, 1.165) is 29.1 Å². The fourth-order valence-electron chi connectivity index (χ4n) is 4.71. The molecule has 0 aliphatic heterocycles. The molecule has 31 heavy (non-hydrogen) atoms. The summed E-state index contributed by atoms with van der Waals surface area (Å²) in [4.78, 5) is 28.2. The maximum absolute atomic E-state index is 12.9. The Morgan fingerprint density at radius 3 is 2.42 bits per heavy atom. The number of nitrogens with zero attached hydrogens (tertiary/aromatic N) is 1. The lowest BCUT2D eigenvalue weighted by Gasteiger charge is -2.40. The van der Waals surface area contributed by atoms with Gasteiger partial charge in [-0.15, -0.1) is 11.3 Å². The number of hydrogen-bond donors (Lipinski definition) is 2. The van der Waals surface area contributed by atoms with Gasteiger partial charge in [-0.25, -0.2) is 4.79 Å². The Hall–Kier alpha value is -2.38. The van der Waals surface area contributed by atoms with E-state index in [-0.39, 0.29) is 22.3 Å². The Bertz CT molecular complexity index is 976.